The van der Waals surface area contributed by atoms with Crippen LogP contribution in [0, 0.1) is 0 Å². The van der Waals surface area contributed by atoms with E-state index in [0.29, 0.717) is 39.0 Å². The standard InChI is InChI=1S/C24H17N3O3.C16H12N2O3.C13H10N2.C8H7N.C5H4BrN.CH3O.Na/c1-30-20-11-5-3-9-17(20)21-22(24(29)26-23(21)28)18-14-27(15-7-6-12-25-13-15)19-10-4-2-8-16(18)19;1-21-16(20)15(19)13-10-18(11-5-4-8-17-9-11)14-7-3-2-6-12(13)14;1-2-6-13-11(4-1)7-9-15(13)12-5-3-8-14-10-12;1-2-4-8-7(3-1)5-6-9-8;6-5-2-1-3-7-4-5;1-2;/h2-14H,1H3,(H,26,28,29);2-10H,1H3;1-10H;1-6,9H;1-4H;1H3;/q;;;;;-1;+1. The summed E-state index contributed by atoms with van der Waals surface area (Å²) in [6.07, 6.45) is 21.5. The number of ether oxygens (including phenoxy) is 2. The Morgan fingerprint density at radius 3 is 1.58 bits per heavy atom. The number of carbonyl (C=O) groups excluding carboxylic acids is 4. The van der Waals surface area contributed by atoms with Crippen LogP contribution in [-0.2, 0) is 19.1 Å². The number of hydrogen-bond acceptors (Lipinski definition) is 11. The molecule has 2 N–H and O–H groups in total. The van der Waals surface area contributed by atoms with Gasteiger partial charge in [-0.1, -0.05) is 91.0 Å². The van der Waals surface area contributed by atoms with E-state index in [-0.39, 0.29) is 29.6 Å². The molecule has 0 saturated heterocycles. The van der Waals surface area contributed by atoms with E-state index in [4.69, 9.17) is 9.84 Å². The number of aromatic nitrogens is 8. The molecule has 0 fully saturated rings. The molecule has 13 aromatic rings. The first-order chi connectivity index (χ1) is 41.2. The average Bonchev–Trinajstić information content (AvgIpc) is 2.94. The minimum atomic E-state index is -0.871. The summed E-state index contributed by atoms with van der Waals surface area (Å²) in [4.78, 5) is 68.7. The van der Waals surface area contributed by atoms with Crippen LogP contribution in [0.2, 0.25) is 0 Å². The van der Waals surface area contributed by atoms with E-state index in [1.165, 1.54) is 28.9 Å². The number of halogens is 1. The van der Waals surface area contributed by atoms with E-state index in [1.54, 1.807) is 74.9 Å². The monoisotopic (exact) mass is 1200 g/mol. The summed E-state index contributed by atoms with van der Waals surface area (Å²) in [6.45, 7) is 0. The van der Waals surface area contributed by atoms with Gasteiger partial charge in [0, 0.05) is 87.7 Å². The van der Waals surface area contributed by atoms with E-state index in [0.717, 1.165) is 45.1 Å². The van der Waals surface area contributed by atoms with E-state index in [9.17, 15) is 19.2 Å². The number of Topliss-reactive ketones (excluding diaryl/α,β-unsaturated/α-hetero) is 1. The fraction of sp³-hybridized carbons (Fsp3) is 0.0448. The zero-order valence-electron chi connectivity index (χ0n) is 46.6. The second-order valence-electron chi connectivity index (χ2n) is 18.0. The predicted molar refractivity (Wildman–Crippen MR) is 329 cm³/mol. The maximum absolute atomic E-state index is 12.9. The summed E-state index contributed by atoms with van der Waals surface area (Å²) in [6, 6.07) is 58.4. The van der Waals surface area contributed by atoms with Crippen molar-refractivity contribution in [2.24, 2.45) is 0 Å². The van der Waals surface area contributed by atoms with Gasteiger partial charge in [0.15, 0.2) is 0 Å². The molecule has 18 heteroatoms. The molecule has 8 aromatic heterocycles. The number of benzene rings is 5. The summed E-state index contributed by atoms with van der Waals surface area (Å²) >= 11 is 3.25. The van der Waals surface area contributed by atoms with Crippen LogP contribution >= 0.6 is 15.9 Å². The second kappa shape index (κ2) is 29.9. The Kier molecular flexibility index (Phi) is 21.5. The summed E-state index contributed by atoms with van der Waals surface area (Å²) in [5, 5.41) is 14.8. The topological polar surface area (TPSA) is 204 Å². The smallest absolute Gasteiger partial charge is 0.857 e. The Hall–Kier alpha value is -9.88. The molecule has 1 aliphatic heterocycles. The second-order valence-corrected chi connectivity index (χ2v) is 18.9. The van der Waals surface area contributed by atoms with Crippen molar-refractivity contribution in [1.29, 1.82) is 0 Å². The molecule has 16 nitrogen and oxygen atoms in total. The average molecular weight is 1200 g/mol. The van der Waals surface area contributed by atoms with Crippen molar-refractivity contribution in [3.05, 3.63) is 278 Å². The number of nitrogens with one attached hydrogen (secondary N) is 2. The quantitative estimate of drug-likeness (QED) is 0.0483. The summed E-state index contributed by atoms with van der Waals surface area (Å²) in [7, 11) is 3.49. The Morgan fingerprint density at radius 2 is 1.01 bits per heavy atom. The number of hydrogen-bond donors (Lipinski definition) is 2. The molecular weight excluding hydrogens is 1150 g/mol. The minimum Gasteiger partial charge on any atom is -0.857 e. The molecule has 0 atom stereocenters. The molecule has 0 spiro atoms. The number of methoxy groups -OCH3 is 2. The number of ketones is 1. The number of H-pyrrole nitrogens is 1. The summed E-state index contributed by atoms with van der Waals surface area (Å²) < 4.78 is 16.9. The number of pyridine rings is 4. The fourth-order valence-corrected chi connectivity index (χ4v) is 9.59. The molecule has 85 heavy (non-hydrogen) atoms. The summed E-state index contributed by atoms with van der Waals surface area (Å²) in [5.74, 6) is -1.85. The third kappa shape index (κ3) is 14.3. The largest absolute Gasteiger partial charge is 1.00 e. The normalized spacial score (nSPS) is 11.2. The first kappa shape index (κ1) is 61.2. The van der Waals surface area contributed by atoms with Crippen molar-refractivity contribution in [2.45, 2.75) is 0 Å². The molecule has 0 bridgehead atoms. The molecule has 14 rings (SSSR count). The Balaban J connectivity index is 0.000000149. The van der Waals surface area contributed by atoms with Crippen molar-refractivity contribution >= 4 is 94.3 Å². The number of para-hydroxylation sites is 5. The van der Waals surface area contributed by atoms with Crippen LogP contribution in [0.1, 0.15) is 21.5 Å². The molecule has 1 aliphatic rings. The molecular formula is C67H53BrN9NaO7. The van der Waals surface area contributed by atoms with Gasteiger partial charge in [-0.15, -0.1) is 0 Å². The number of aromatic amines is 1. The van der Waals surface area contributed by atoms with Crippen molar-refractivity contribution in [3.8, 4) is 22.8 Å². The predicted octanol–water partition coefficient (Wildman–Crippen LogP) is 9.00. The maximum Gasteiger partial charge on any atom is 1.00 e. The van der Waals surface area contributed by atoms with Crippen LogP contribution in [0.25, 0.3) is 71.8 Å². The van der Waals surface area contributed by atoms with Crippen molar-refractivity contribution in [1.82, 2.24) is 43.9 Å². The van der Waals surface area contributed by atoms with Crippen LogP contribution in [0.4, 0.5) is 0 Å². The van der Waals surface area contributed by atoms with Crippen LogP contribution < -0.4 is 44.7 Å². The maximum atomic E-state index is 12.9. The number of fused-ring (bicyclic) bond motifs is 4. The molecule has 9 heterocycles. The SMILES string of the molecule is Brc1cccnc1.COC(=O)C(=O)c1cn(-c2cccnc2)c2ccccc12.COc1ccccc1C1=C(c2cn(-c3cccnc3)c3ccccc23)C(=O)NC1=O.C[O-].[Na+].c1ccc2[nH]ccc2c1.c1cncc(-n2ccc3ccccc32)c1. The molecule has 0 unspecified atom stereocenters. The molecule has 2 amide bonds. The van der Waals surface area contributed by atoms with Crippen LogP contribution in [0.3, 0.4) is 0 Å². The van der Waals surface area contributed by atoms with Crippen molar-refractivity contribution < 1.29 is 63.3 Å². The van der Waals surface area contributed by atoms with Crippen LogP contribution in [0.15, 0.2) is 261 Å². The van der Waals surface area contributed by atoms with E-state index in [1.807, 2.05) is 137 Å². The van der Waals surface area contributed by atoms with Gasteiger partial charge in [-0.3, -0.25) is 39.6 Å². The van der Waals surface area contributed by atoms with Crippen LogP contribution in [0.5, 0.6) is 5.75 Å². The van der Waals surface area contributed by atoms with E-state index in [2.05, 4.69) is 116 Å². The van der Waals surface area contributed by atoms with Crippen molar-refractivity contribution in [3.63, 3.8) is 0 Å². The van der Waals surface area contributed by atoms with Gasteiger partial charge in [0.25, 0.3) is 17.6 Å². The first-order valence-electron chi connectivity index (χ1n) is 26.0. The Bertz CT molecular complexity index is 4370. The van der Waals surface area contributed by atoms with Crippen LogP contribution in [-0.4, -0.2) is 83.5 Å². The number of imide groups is 1. The molecule has 0 radical (unpaired) electrons. The van der Waals surface area contributed by atoms with Gasteiger partial charge in [0.2, 0.25) is 0 Å². The first-order valence-corrected chi connectivity index (χ1v) is 26.8. The van der Waals surface area contributed by atoms with E-state index < -0.39 is 23.6 Å². The van der Waals surface area contributed by atoms with Gasteiger partial charge in [-0.2, -0.15) is 7.11 Å². The molecule has 0 saturated carbocycles. The number of amides is 2. The van der Waals surface area contributed by atoms with Gasteiger partial charge in [-0.05, 0) is 118 Å². The van der Waals surface area contributed by atoms with Gasteiger partial charge in [0.05, 0.1) is 83.1 Å². The van der Waals surface area contributed by atoms with Gasteiger partial charge in [0.1, 0.15) is 5.75 Å². The number of nitrogens with zero attached hydrogens (tertiary/aromatic N) is 7. The Morgan fingerprint density at radius 1 is 0.506 bits per heavy atom. The Labute approximate surface area is 519 Å². The fourth-order valence-electron chi connectivity index (χ4n) is 9.32. The number of esters is 1. The molecule has 416 valence electrons. The number of rotatable bonds is 8. The minimum absolute atomic E-state index is 0. The molecule has 0 aliphatic carbocycles. The zero-order valence-corrected chi connectivity index (χ0v) is 50.2. The third-order valence-electron chi connectivity index (χ3n) is 13.1. The van der Waals surface area contributed by atoms with Gasteiger partial charge in [-0.25, -0.2) is 4.79 Å². The third-order valence-corrected chi connectivity index (χ3v) is 13.5. The van der Waals surface area contributed by atoms with E-state index >= 15 is 0 Å². The van der Waals surface area contributed by atoms with Gasteiger partial charge >= 0.3 is 35.5 Å². The summed E-state index contributed by atoms with van der Waals surface area (Å²) in [5.41, 5.74) is 9.17. The zero-order chi connectivity index (χ0) is 58.8. The number of carbonyl (C=O) groups is 4. The van der Waals surface area contributed by atoms with Crippen molar-refractivity contribution in [2.75, 3.05) is 21.3 Å². The molecule has 5 aromatic carbocycles. The van der Waals surface area contributed by atoms with Gasteiger partial charge < -0.3 is 33.3 Å².